The van der Waals surface area contributed by atoms with E-state index in [1.807, 2.05) is 31.2 Å². The molecule has 0 fully saturated rings. The van der Waals surface area contributed by atoms with Gasteiger partial charge in [-0.05, 0) is 37.3 Å². The Morgan fingerprint density at radius 3 is 2.36 bits per heavy atom. The maximum Gasteiger partial charge on any atom is 0.339 e. The first kappa shape index (κ1) is 24.0. The molecule has 0 bridgehead atoms. The number of hydrogen-bond acceptors (Lipinski definition) is 5. The molecule has 8 heteroatoms. The van der Waals surface area contributed by atoms with Gasteiger partial charge in [0.2, 0.25) is 5.91 Å². The van der Waals surface area contributed by atoms with E-state index in [1.54, 1.807) is 42.5 Å². The van der Waals surface area contributed by atoms with E-state index in [2.05, 4.69) is 10.6 Å². The Morgan fingerprint density at radius 2 is 1.61 bits per heavy atom. The minimum absolute atomic E-state index is 0.00834. The zero-order valence-corrected chi connectivity index (χ0v) is 18.8. The number of carbonyl (C=O) groups excluding carboxylic acids is 3. The molecule has 0 radical (unpaired) electrons. The molecule has 2 amide bonds. The minimum atomic E-state index is -0.682. The normalized spacial score (nSPS) is 10.4. The summed E-state index contributed by atoms with van der Waals surface area (Å²) in [6.07, 6.45) is 0. The lowest BCUT2D eigenvalue weighted by Gasteiger charge is -2.10. The average molecular weight is 467 g/mol. The maximum absolute atomic E-state index is 13.6. The number of esters is 1. The van der Waals surface area contributed by atoms with Crippen molar-refractivity contribution >= 4 is 35.2 Å². The number of thioether (sulfide) groups is 1. The third-order valence-electron chi connectivity index (χ3n) is 4.57. The fourth-order valence-electron chi connectivity index (χ4n) is 2.83. The van der Waals surface area contributed by atoms with E-state index in [1.165, 1.54) is 17.8 Å². The van der Waals surface area contributed by atoms with Gasteiger partial charge in [0.15, 0.2) is 6.61 Å². The van der Waals surface area contributed by atoms with Gasteiger partial charge >= 0.3 is 5.97 Å². The summed E-state index contributed by atoms with van der Waals surface area (Å²) in [6.45, 7) is 1.45. The summed E-state index contributed by atoms with van der Waals surface area (Å²) in [5.41, 5.74) is 2.38. The number of hydrogen-bond donors (Lipinski definition) is 2. The summed E-state index contributed by atoms with van der Waals surface area (Å²) in [6, 6.07) is 20.2. The molecule has 0 heterocycles. The first-order chi connectivity index (χ1) is 15.9. The number of anilines is 1. The Labute approximate surface area is 195 Å². The molecule has 0 spiro atoms. The van der Waals surface area contributed by atoms with Crippen LogP contribution in [0.2, 0.25) is 0 Å². The first-order valence-electron chi connectivity index (χ1n) is 10.2. The van der Waals surface area contributed by atoms with Crippen molar-refractivity contribution in [2.24, 2.45) is 0 Å². The van der Waals surface area contributed by atoms with Crippen LogP contribution in [0.3, 0.4) is 0 Å². The van der Waals surface area contributed by atoms with Gasteiger partial charge in [-0.15, -0.1) is 11.8 Å². The quantitative estimate of drug-likeness (QED) is 0.362. The van der Waals surface area contributed by atoms with Crippen LogP contribution in [-0.4, -0.2) is 30.1 Å². The second-order valence-corrected chi connectivity index (χ2v) is 8.16. The smallest absolute Gasteiger partial charge is 0.339 e. The molecule has 0 aliphatic carbocycles. The van der Waals surface area contributed by atoms with Crippen molar-refractivity contribution in [3.63, 3.8) is 0 Å². The molecule has 6 nitrogen and oxygen atoms in total. The van der Waals surface area contributed by atoms with Crippen LogP contribution in [0.5, 0.6) is 0 Å². The molecule has 33 heavy (non-hydrogen) atoms. The number of amides is 2. The summed E-state index contributed by atoms with van der Waals surface area (Å²) in [5.74, 6) is -1.76. The van der Waals surface area contributed by atoms with Crippen molar-refractivity contribution in [2.75, 3.05) is 17.7 Å². The van der Waals surface area contributed by atoms with E-state index in [0.717, 1.165) is 5.56 Å². The van der Waals surface area contributed by atoms with Crippen LogP contribution in [0.4, 0.5) is 10.1 Å². The number of aryl methyl sites for hydroxylation is 1. The lowest BCUT2D eigenvalue weighted by Crippen LogP contribution is -2.28. The Bertz CT molecular complexity index is 1140. The Hall–Kier alpha value is -3.65. The zero-order chi connectivity index (χ0) is 23.6. The van der Waals surface area contributed by atoms with Gasteiger partial charge in [0, 0.05) is 22.7 Å². The molecule has 170 valence electrons. The molecule has 3 aromatic carbocycles. The predicted octanol–water partition coefficient (Wildman–Crippen LogP) is 4.34. The molecule has 0 aliphatic heterocycles. The van der Waals surface area contributed by atoms with Gasteiger partial charge < -0.3 is 15.4 Å². The molecular formula is C25H23FN2O4S. The largest absolute Gasteiger partial charge is 0.452 e. The van der Waals surface area contributed by atoms with E-state index in [9.17, 15) is 18.8 Å². The van der Waals surface area contributed by atoms with Gasteiger partial charge in [0.25, 0.3) is 5.91 Å². The summed E-state index contributed by atoms with van der Waals surface area (Å²) < 4.78 is 18.7. The zero-order valence-electron chi connectivity index (χ0n) is 18.0. The van der Waals surface area contributed by atoms with E-state index >= 15 is 0 Å². The van der Waals surface area contributed by atoms with E-state index in [0.29, 0.717) is 16.1 Å². The van der Waals surface area contributed by atoms with Crippen molar-refractivity contribution in [2.45, 2.75) is 18.4 Å². The third-order valence-corrected chi connectivity index (χ3v) is 5.64. The highest BCUT2D eigenvalue weighted by molar-refractivity contribution is 8.00. The highest BCUT2D eigenvalue weighted by Gasteiger charge is 2.16. The molecule has 3 rings (SSSR count). The van der Waals surface area contributed by atoms with Crippen molar-refractivity contribution < 1.29 is 23.5 Å². The van der Waals surface area contributed by atoms with Crippen LogP contribution in [0.15, 0.2) is 77.7 Å². The molecule has 3 aromatic rings. The molecular weight excluding hydrogens is 443 g/mol. The topological polar surface area (TPSA) is 84.5 Å². The number of benzene rings is 3. The number of rotatable bonds is 9. The van der Waals surface area contributed by atoms with Crippen LogP contribution in [0.25, 0.3) is 0 Å². The summed E-state index contributed by atoms with van der Waals surface area (Å²) in [5, 5.41) is 5.32. The average Bonchev–Trinajstić information content (AvgIpc) is 2.82. The van der Waals surface area contributed by atoms with E-state index in [4.69, 9.17) is 4.74 Å². The van der Waals surface area contributed by atoms with Gasteiger partial charge in [-0.1, -0.05) is 48.0 Å². The van der Waals surface area contributed by atoms with Crippen LogP contribution >= 0.6 is 11.8 Å². The second kappa shape index (κ2) is 11.8. The molecule has 2 N–H and O–H groups in total. The molecule has 0 unspecified atom stereocenters. The van der Waals surface area contributed by atoms with Gasteiger partial charge in [0.05, 0.1) is 11.3 Å². The van der Waals surface area contributed by atoms with E-state index in [-0.39, 0.29) is 23.8 Å². The number of carbonyl (C=O) groups is 3. The fraction of sp³-hybridized carbons (Fsp3) is 0.160. The lowest BCUT2D eigenvalue weighted by atomic mass is 10.2. The fourth-order valence-corrected chi connectivity index (χ4v) is 3.67. The number of nitrogens with one attached hydrogen (secondary N) is 2. The van der Waals surface area contributed by atoms with Crippen LogP contribution in [0, 0.1) is 12.7 Å². The first-order valence-corrected chi connectivity index (χ1v) is 11.2. The van der Waals surface area contributed by atoms with Crippen LogP contribution in [0.1, 0.15) is 21.5 Å². The second-order valence-electron chi connectivity index (χ2n) is 7.14. The summed E-state index contributed by atoms with van der Waals surface area (Å²) in [4.78, 5) is 37.3. The summed E-state index contributed by atoms with van der Waals surface area (Å²) >= 11 is 1.19. The van der Waals surface area contributed by atoms with Gasteiger partial charge in [-0.2, -0.15) is 0 Å². The SMILES string of the molecule is Cc1ccc(NC(=O)CSc2ccccc2C(=O)OCC(=O)NCc2ccccc2F)cc1. The van der Waals surface area contributed by atoms with Gasteiger partial charge in [0.1, 0.15) is 5.82 Å². The number of halogens is 1. The van der Waals surface area contributed by atoms with Crippen LogP contribution < -0.4 is 10.6 Å². The molecule has 0 saturated heterocycles. The predicted molar refractivity (Wildman–Crippen MR) is 126 cm³/mol. The van der Waals surface area contributed by atoms with Crippen molar-refractivity contribution in [1.82, 2.24) is 5.32 Å². The monoisotopic (exact) mass is 466 g/mol. The van der Waals surface area contributed by atoms with Crippen molar-refractivity contribution in [1.29, 1.82) is 0 Å². The third kappa shape index (κ3) is 7.47. The van der Waals surface area contributed by atoms with Gasteiger partial charge in [-0.25, -0.2) is 9.18 Å². The maximum atomic E-state index is 13.6. The van der Waals surface area contributed by atoms with E-state index < -0.39 is 24.3 Å². The van der Waals surface area contributed by atoms with Gasteiger partial charge in [-0.3, -0.25) is 9.59 Å². The minimum Gasteiger partial charge on any atom is -0.452 e. The van der Waals surface area contributed by atoms with Crippen molar-refractivity contribution in [3.05, 3.63) is 95.3 Å². The standard InChI is InChI=1S/C25H23FN2O4S/c1-17-10-12-19(13-11-17)28-24(30)16-33-22-9-5-3-7-20(22)25(31)32-15-23(29)27-14-18-6-2-4-8-21(18)26/h2-13H,14-16H2,1H3,(H,27,29)(H,28,30). The Morgan fingerprint density at radius 1 is 0.909 bits per heavy atom. The van der Waals surface area contributed by atoms with Crippen molar-refractivity contribution in [3.8, 4) is 0 Å². The Balaban J connectivity index is 1.49. The lowest BCUT2D eigenvalue weighted by molar-refractivity contribution is -0.124. The molecule has 0 aliphatic rings. The van der Waals surface area contributed by atoms with Crippen LogP contribution in [-0.2, 0) is 20.9 Å². The highest BCUT2D eigenvalue weighted by atomic mass is 32.2. The molecule has 0 saturated carbocycles. The number of ether oxygens (including phenoxy) is 1. The molecule has 0 aromatic heterocycles. The Kier molecular flexibility index (Phi) is 8.60. The molecule has 0 atom stereocenters. The summed E-state index contributed by atoms with van der Waals surface area (Å²) in [7, 11) is 0. The highest BCUT2D eigenvalue weighted by Crippen LogP contribution is 2.23.